The van der Waals surface area contributed by atoms with Crippen LogP contribution in [0.15, 0.2) is 24.3 Å². The van der Waals surface area contributed by atoms with Crippen LogP contribution in [0, 0.1) is 5.92 Å². The van der Waals surface area contributed by atoms with E-state index < -0.39 is 5.97 Å². The fraction of sp³-hybridized carbons (Fsp3) is 0.619. The fourth-order valence-electron chi connectivity index (χ4n) is 2.28. The van der Waals surface area contributed by atoms with Gasteiger partial charge in [-0.2, -0.15) is 0 Å². The molecule has 0 saturated carbocycles. The first kappa shape index (κ1) is 21.2. The van der Waals surface area contributed by atoms with Crippen molar-refractivity contribution in [1.29, 1.82) is 0 Å². The summed E-state index contributed by atoms with van der Waals surface area (Å²) in [4.78, 5) is 24.3. The van der Waals surface area contributed by atoms with E-state index >= 15 is 0 Å². The molecule has 25 heavy (non-hydrogen) atoms. The average molecular weight is 348 g/mol. The molecule has 0 radical (unpaired) electrons. The van der Waals surface area contributed by atoms with Crippen molar-refractivity contribution in [2.45, 2.75) is 72.3 Å². The number of carbonyl (C=O) groups excluding carboxylic acids is 2. The monoisotopic (exact) mass is 348 g/mol. The van der Waals surface area contributed by atoms with Crippen LogP contribution in [0.3, 0.4) is 0 Å². The molecule has 0 saturated heterocycles. The van der Waals surface area contributed by atoms with Gasteiger partial charge in [-0.15, -0.1) is 0 Å². The maximum Gasteiger partial charge on any atom is 0.338 e. The van der Waals surface area contributed by atoms with Gasteiger partial charge in [-0.05, 0) is 37.5 Å². The highest BCUT2D eigenvalue weighted by Crippen LogP contribution is 2.13. The van der Waals surface area contributed by atoms with Crippen LogP contribution in [0.25, 0.3) is 0 Å². The second-order valence-electron chi connectivity index (χ2n) is 6.84. The van der Waals surface area contributed by atoms with Crippen LogP contribution in [0.2, 0.25) is 0 Å². The molecule has 4 heteroatoms. The molecule has 1 rings (SSSR count). The highest BCUT2D eigenvalue weighted by molar-refractivity contribution is 5.95. The predicted molar refractivity (Wildman–Crippen MR) is 99.8 cm³/mol. The Morgan fingerprint density at radius 2 is 1.52 bits per heavy atom. The number of hydrogen-bond donors (Lipinski definition) is 0. The van der Waals surface area contributed by atoms with Crippen molar-refractivity contribution in [2.75, 3.05) is 6.61 Å². The molecule has 0 spiro atoms. The van der Waals surface area contributed by atoms with E-state index in [9.17, 15) is 9.59 Å². The number of esters is 2. The minimum atomic E-state index is -0.410. The van der Waals surface area contributed by atoms with E-state index in [0.29, 0.717) is 17.7 Å². The van der Waals surface area contributed by atoms with Gasteiger partial charge in [-0.1, -0.05) is 58.9 Å². The maximum atomic E-state index is 12.1. The van der Waals surface area contributed by atoms with Gasteiger partial charge in [-0.25, -0.2) is 9.59 Å². The van der Waals surface area contributed by atoms with Gasteiger partial charge in [0, 0.05) is 0 Å². The molecule has 0 aliphatic rings. The summed E-state index contributed by atoms with van der Waals surface area (Å²) in [6.45, 7) is 8.46. The van der Waals surface area contributed by atoms with Crippen molar-refractivity contribution < 1.29 is 19.1 Å². The number of benzene rings is 1. The molecule has 0 heterocycles. The molecule has 0 N–H and O–H groups in total. The highest BCUT2D eigenvalue weighted by Gasteiger charge is 2.16. The summed E-state index contributed by atoms with van der Waals surface area (Å²) in [5.74, 6) is -0.554. The maximum absolute atomic E-state index is 12.1. The Labute approximate surface area is 151 Å². The van der Waals surface area contributed by atoms with Gasteiger partial charge in [0.05, 0.1) is 17.7 Å². The Morgan fingerprint density at radius 3 is 2.16 bits per heavy atom. The van der Waals surface area contributed by atoms with Gasteiger partial charge in [-0.3, -0.25) is 0 Å². The smallest absolute Gasteiger partial charge is 0.338 e. The summed E-state index contributed by atoms with van der Waals surface area (Å²) in [6, 6.07) is 6.53. The molecule has 1 aromatic carbocycles. The van der Waals surface area contributed by atoms with Gasteiger partial charge >= 0.3 is 11.9 Å². The van der Waals surface area contributed by atoms with Gasteiger partial charge in [0.2, 0.25) is 0 Å². The summed E-state index contributed by atoms with van der Waals surface area (Å²) >= 11 is 0. The van der Waals surface area contributed by atoms with Crippen molar-refractivity contribution in [3.05, 3.63) is 35.4 Å². The quantitative estimate of drug-likeness (QED) is 0.396. The molecule has 0 aliphatic carbocycles. The Balaban J connectivity index is 2.45. The molecule has 0 aromatic heterocycles. The van der Waals surface area contributed by atoms with E-state index in [1.54, 1.807) is 24.3 Å². The number of unbranched alkanes of at least 4 members (excludes halogenated alkanes) is 5. The standard InChI is InChI=1S/C21H32O4/c1-5-6-7-8-9-10-14-24-20(22)18-12-11-13-19(15-18)21(23)25-17(4)16(2)3/h11-13,15-17H,5-10,14H2,1-4H3. The fourth-order valence-corrected chi connectivity index (χ4v) is 2.28. The SMILES string of the molecule is CCCCCCCCOC(=O)c1cccc(C(=O)OC(C)C(C)C)c1. The molecular formula is C21H32O4. The first-order valence-corrected chi connectivity index (χ1v) is 9.43. The Morgan fingerprint density at radius 1 is 0.920 bits per heavy atom. The summed E-state index contributed by atoms with van der Waals surface area (Å²) in [7, 11) is 0. The van der Waals surface area contributed by atoms with E-state index in [-0.39, 0.29) is 18.0 Å². The van der Waals surface area contributed by atoms with Crippen molar-refractivity contribution >= 4 is 11.9 Å². The molecule has 0 bridgehead atoms. The number of carbonyl (C=O) groups is 2. The molecule has 0 aliphatic heterocycles. The van der Waals surface area contributed by atoms with Crippen LogP contribution in [-0.2, 0) is 9.47 Å². The summed E-state index contributed by atoms with van der Waals surface area (Å²) in [5, 5.41) is 0. The number of hydrogen-bond acceptors (Lipinski definition) is 4. The third-order valence-corrected chi connectivity index (χ3v) is 4.30. The topological polar surface area (TPSA) is 52.6 Å². The lowest BCUT2D eigenvalue weighted by atomic mass is 10.1. The van der Waals surface area contributed by atoms with Crippen LogP contribution in [0.4, 0.5) is 0 Å². The summed E-state index contributed by atoms with van der Waals surface area (Å²) in [5.41, 5.74) is 0.763. The molecule has 0 amide bonds. The summed E-state index contributed by atoms with van der Waals surface area (Å²) in [6.07, 6.45) is 6.69. The zero-order valence-corrected chi connectivity index (χ0v) is 16.0. The Hall–Kier alpha value is -1.84. The Kier molecular flexibility index (Phi) is 9.90. The normalized spacial score (nSPS) is 12.0. The number of rotatable bonds is 11. The van der Waals surface area contributed by atoms with Gasteiger partial charge in [0.15, 0.2) is 0 Å². The lowest BCUT2D eigenvalue weighted by Gasteiger charge is -2.16. The number of ether oxygens (including phenoxy) is 2. The largest absolute Gasteiger partial charge is 0.462 e. The molecule has 140 valence electrons. The highest BCUT2D eigenvalue weighted by atomic mass is 16.5. The lowest BCUT2D eigenvalue weighted by molar-refractivity contribution is 0.0238. The minimum absolute atomic E-state index is 0.171. The third kappa shape index (κ3) is 8.19. The zero-order chi connectivity index (χ0) is 18.7. The molecule has 4 nitrogen and oxygen atoms in total. The molecule has 1 atom stereocenters. The predicted octanol–water partition coefficient (Wildman–Crippen LogP) is 5.41. The third-order valence-electron chi connectivity index (χ3n) is 4.30. The van der Waals surface area contributed by atoms with E-state index in [1.165, 1.54) is 25.7 Å². The summed E-state index contributed by atoms with van der Waals surface area (Å²) < 4.78 is 10.7. The minimum Gasteiger partial charge on any atom is -0.462 e. The van der Waals surface area contributed by atoms with Crippen LogP contribution >= 0.6 is 0 Å². The van der Waals surface area contributed by atoms with Crippen LogP contribution in [0.5, 0.6) is 0 Å². The average Bonchev–Trinajstić information content (AvgIpc) is 2.60. The van der Waals surface area contributed by atoms with Crippen molar-refractivity contribution in [3.63, 3.8) is 0 Å². The van der Waals surface area contributed by atoms with Crippen LogP contribution in [0.1, 0.15) is 86.9 Å². The second kappa shape index (κ2) is 11.7. The molecule has 1 unspecified atom stereocenters. The molecule has 0 fully saturated rings. The zero-order valence-electron chi connectivity index (χ0n) is 16.0. The van der Waals surface area contributed by atoms with E-state index in [4.69, 9.17) is 9.47 Å². The van der Waals surface area contributed by atoms with Crippen molar-refractivity contribution in [3.8, 4) is 0 Å². The first-order valence-electron chi connectivity index (χ1n) is 9.43. The molecular weight excluding hydrogens is 316 g/mol. The second-order valence-corrected chi connectivity index (χ2v) is 6.84. The van der Waals surface area contributed by atoms with Gasteiger partial charge in [0.25, 0.3) is 0 Å². The van der Waals surface area contributed by atoms with Crippen molar-refractivity contribution in [1.82, 2.24) is 0 Å². The van der Waals surface area contributed by atoms with E-state index in [2.05, 4.69) is 6.92 Å². The lowest BCUT2D eigenvalue weighted by Crippen LogP contribution is -2.20. The van der Waals surface area contributed by atoms with Crippen molar-refractivity contribution in [2.24, 2.45) is 5.92 Å². The van der Waals surface area contributed by atoms with Crippen LogP contribution < -0.4 is 0 Å². The Bertz CT molecular complexity index is 536. The molecule has 1 aromatic rings. The van der Waals surface area contributed by atoms with E-state index in [0.717, 1.165) is 12.8 Å². The first-order chi connectivity index (χ1) is 12.0. The van der Waals surface area contributed by atoms with Crippen LogP contribution in [-0.4, -0.2) is 24.6 Å². The van der Waals surface area contributed by atoms with Gasteiger partial charge in [0.1, 0.15) is 6.10 Å². The van der Waals surface area contributed by atoms with Gasteiger partial charge < -0.3 is 9.47 Å². The van der Waals surface area contributed by atoms with E-state index in [1.807, 2.05) is 20.8 Å².